The summed E-state index contributed by atoms with van der Waals surface area (Å²) in [5.74, 6) is -0.313. The first-order chi connectivity index (χ1) is 11.9. The molecular formula is C18H40N2O5S+2. The summed E-state index contributed by atoms with van der Waals surface area (Å²) in [6.07, 6.45) is 7.50. The molecule has 1 N–H and O–H groups in total. The van der Waals surface area contributed by atoms with Crippen LogP contribution in [0.5, 0.6) is 0 Å². The Morgan fingerprint density at radius 3 is 1.69 bits per heavy atom. The van der Waals surface area contributed by atoms with Gasteiger partial charge in [0.05, 0.1) is 60.7 Å². The lowest BCUT2D eigenvalue weighted by Gasteiger charge is -2.29. The van der Waals surface area contributed by atoms with Crippen LogP contribution < -0.4 is 0 Å². The number of methoxy groups -OCH3 is 1. The van der Waals surface area contributed by atoms with Crippen LogP contribution in [-0.2, 0) is 19.6 Å². The summed E-state index contributed by atoms with van der Waals surface area (Å²) in [5, 5.41) is 0. The van der Waals surface area contributed by atoms with Crippen molar-refractivity contribution in [3.05, 3.63) is 0 Å². The zero-order valence-corrected chi connectivity index (χ0v) is 18.2. The summed E-state index contributed by atoms with van der Waals surface area (Å²) >= 11 is 0. The van der Waals surface area contributed by atoms with Gasteiger partial charge in [-0.05, 0) is 25.7 Å². The highest BCUT2D eigenvalue weighted by molar-refractivity contribution is 7.85. The molecule has 0 aromatic heterocycles. The molecule has 7 nitrogen and oxygen atoms in total. The second-order valence-electron chi connectivity index (χ2n) is 8.54. The van der Waals surface area contributed by atoms with Crippen LogP contribution in [0.3, 0.4) is 0 Å². The number of carbonyl (C=O) groups excluding carboxylic acids is 1. The molecule has 26 heavy (non-hydrogen) atoms. The van der Waals surface area contributed by atoms with Gasteiger partial charge < -0.3 is 13.7 Å². The maximum atomic E-state index is 11.3. The maximum Gasteiger partial charge on any atom is 0.361 e. The molecule has 0 heterocycles. The number of esters is 1. The first kappa shape index (κ1) is 25.3. The number of likely N-dealkylation sites (N-methyl/N-ethyl adjacent to an activating group) is 1. The van der Waals surface area contributed by atoms with Crippen molar-refractivity contribution in [3.8, 4) is 0 Å². The van der Waals surface area contributed by atoms with E-state index in [2.05, 4.69) is 28.2 Å². The average molecular weight is 397 g/mol. The fourth-order valence-corrected chi connectivity index (χ4v) is 3.56. The highest BCUT2D eigenvalue weighted by atomic mass is 32.2. The number of hydrogen-bond donors (Lipinski definition) is 1. The normalized spacial score (nSPS) is 13.0. The summed E-state index contributed by atoms with van der Waals surface area (Å²) in [5.41, 5.74) is 0. The third kappa shape index (κ3) is 15.5. The molecule has 0 amide bonds. The number of hydrogen-bond acceptors (Lipinski definition) is 4. The van der Waals surface area contributed by atoms with Crippen molar-refractivity contribution >= 4 is 16.1 Å². The molecule has 0 aromatic carbocycles. The topological polar surface area (TPSA) is 80.7 Å². The van der Waals surface area contributed by atoms with Crippen LogP contribution in [0.1, 0.15) is 44.9 Å². The highest BCUT2D eigenvalue weighted by Crippen LogP contribution is 2.11. The van der Waals surface area contributed by atoms with Crippen molar-refractivity contribution in [2.75, 3.05) is 67.2 Å². The van der Waals surface area contributed by atoms with E-state index in [0.717, 1.165) is 37.0 Å². The SMILES string of the molecule is COC(=O)C[N+](C)(C)CCCCCCCC[N+](C)(C)CCCS(=O)(=O)O. The van der Waals surface area contributed by atoms with Gasteiger partial charge in [0.25, 0.3) is 10.1 Å². The third-order valence-corrected chi connectivity index (χ3v) is 5.53. The minimum absolute atomic E-state index is 0.153. The van der Waals surface area contributed by atoms with Gasteiger partial charge in [0.15, 0.2) is 6.54 Å². The Bertz CT molecular complexity index is 504. The van der Waals surface area contributed by atoms with Gasteiger partial charge in [-0.15, -0.1) is 0 Å². The Morgan fingerprint density at radius 1 is 0.808 bits per heavy atom. The van der Waals surface area contributed by atoms with Gasteiger partial charge >= 0.3 is 5.97 Å². The van der Waals surface area contributed by atoms with Crippen molar-refractivity contribution in [1.29, 1.82) is 0 Å². The molecule has 0 saturated heterocycles. The van der Waals surface area contributed by atoms with E-state index in [1.165, 1.54) is 32.8 Å². The minimum Gasteiger partial charge on any atom is -0.465 e. The van der Waals surface area contributed by atoms with Crippen LogP contribution in [0.4, 0.5) is 0 Å². The lowest BCUT2D eigenvalue weighted by Crippen LogP contribution is -2.44. The molecular weight excluding hydrogens is 356 g/mol. The van der Waals surface area contributed by atoms with Crippen LogP contribution in [0.2, 0.25) is 0 Å². The summed E-state index contributed by atoms with van der Waals surface area (Å²) < 4.78 is 36.5. The molecule has 0 aliphatic carbocycles. The standard InChI is InChI=1S/C18H39N2O5S/c1-19(2,15-12-16-26(22,23)24)13-10-8-6-7-9-11-14-20(3,4)17-18(21)25-5/h6-17H2,1-5H3/q+1/p+1. The number of unbranched alkanes of at least 4 members (excludes halogenated alkanes) is 5. The van der Waals surface area contributed by atoms with E-state index in [9.17, 15) is 13.2 Å². The summed E-state index contributed by atoms with van der Waals surface area (Å²) in [7, 11) is 5.90. The van der Waals surface area contributed by atoms with Crippen molar-refractivity contribution in [2.24, 2.45) is 0 Å². The summed E-state index contributed by atoms with van der Waals surface area (Å²) in [6.45, 7) is 3.18. The van der Waals surface area contributed by atoms with E-state index in [1.807, 2.05) is 0 Å². The minimum atomic E-state index is -3.84. The molecule has 0 atom stereocenters. The number of ether oxygens (including phenoxy) is 1. The van der Waals surface area contributed by atoms with Crippen LogP contribution in [0, 0.1) is 0 Å². The predicted octanol–water partition coefficient (Wildman–Crippen LogP) is 1.93. The fraction of sp³-hybridized carbons (Fsp3) is 0.944. The quantitative estimate of drug-likeness (QED) is 0.198. The molecule has 0 aromatic rings. The molecule has 0 bridgehead atoms. The molecule has 0 radical (unpaired) electrons. The van der Waals surface area contributed by atoms with E-state index in [4.69, 9.17) is 9.29 Å². The molecule has 0 aliphatic rings. The maximum absolute atomic E-state index is 11.3. The molecule has 0 saturated carbocycles. The number of quaternary nitrogens is 2. The first-order valence-electron chi connectivity index (χ1n) is 9.53. The molecule has 0 unspecified atom stereocenters. The molecule has 0 spiro atoms. The zero-order valence-electron chi connectivity index (χ0n) is 17.4. The number of nitrogens with zero attached hydrogens (tertiary/aromatic N) is 2. The van der Waals surface area contributed by atoms with E-state index >= 15 is 0 Å². The monoisotopic (exact) mass is 396 g/mol. The van der Waals surface area contributed by atoms with Crippen LogP contribution in [0.25, 0.3) is 0 Å². The second kappa shape index (κ2) is 11.9. The molecule has 0 fully saturated rings. The molecule has 156 valence electrons. The Labute approximate surface area is 160 Å². The molecule has 8 heteroatoms. The van der Waals surface area contributed by atoms with Gasteiger partial charge in [0.1, 0.15) is 0 Å². The Kier molecular flexibility index (Phi) is 11.6. The fourth-order valence-electron chi connectivity index (χ4n) is 3.07. The Hall–Kier alpha value is -0.700. The first-order valence-corrected chi connectivity index (χ1v) is 11.1. The molecule has 0 rings (SSSR count). The van der Waals surface area contributed by atoms with Gasteiger partial charge in [0.2, 0.25) is 0 Å². The third-order valence-electron chi connectivity index (χ3n) is 4.73. The lowest BCUT2D eigenvalue weighted by atomic mass is 10.1. The van der Waals surface area contributed by atoms with Crippen LogP contribution in [0.15, 0.2) is 0 Å². The van der Waals surface area contributed by atoms with Gasteiger partial charge in [0, 0.05) is 6.42 Å². The largest absolute Gasteiger partial charge is 0.465 e. The summed E-state index contributed by atoms with van der Waals surface area (Å²) in [4.78, 5) is 11.3. The van der Waals surface area contributed by atoms with Gasteiger partial charge in [-0.2, -0.15) is 8.42 Å². The highest BCUT2D eigenvalue weighted by Gasteiger charge is 2.20. The summed E-state index contributed by atoms with van der Waals surface area (Å²) in [6, 6.07) is 0. The number of carbonyl (C=O) groups is 1. The van der Waals surface area contributed by atoms with Crippen molar-refractivity contribution in [2.45, 2.75) is 44.9 Å². The van der Waals surface area contributed by atoms with Crippen molar-refractivity contribution in [3.63, 3.8) is 0 Å². The van der Waals surface area contributed by atoms with Crippen molar-refractivity contribution < 1.29 is 31.5 Å². The average Bonchev–Trinajstić information content (AvgIpc) is 2.47. The van der Waals surface area contributed by atoms with Crippen LogP contribution >= 0.6 is 0 Å². The predicted molar refractivity (Wildman–Crippen MR) is 104 cm³/mol. The zero-order chi connectivity index (χ0) is 20.3. The van der Waals surface area contributed by atoms with Gasteiger partial charge in [-0.1, -0.05) is 12.8 Å². The van der Waals surface area contributed by atoms with E-state index < -0.39 is 10.1 Å². The van der Waals surface area contributed by atoms with E-state index in [0.29, 0.717) is 17.4 Å². The Balaban J connectivity index is 3.70. The Morgan fingerprint density at radius 2 is 1.23 bits per heavy atom. The van der Waals surface area contributed by atoms with E-state index in [-0.39, 0.29) is 11.7 Å². The smallest absolute Gasteiger partial charge is 0.361 e. The molecule has 0 aliphatic heterocycles. The van der Waals surface area contributed by atoms with E-state index in [1.54, 1.807) is 0 Å². The number of rotatable bonds is 15. The van der Waals surface area contributed by atoms with Crippen molar-refractivity contribution in [1.82, 2.24) is 0 Å². The lowest BCUT2D eigenvalue weighted by molar-refractivity contribution is -0.890. The van der Waals surface area contributed by atoms with Gasteiger partial charge in [-0.3, -0.25) is 4.55 Å². The van der Waals surface area contributed by atoms with Gasteiger partial charge in [-0.25, -0.2) is 4.79 Å². The second-order valence-corrected chi connectivity index (χ2v) is 10.1. The van der Waals surface area contributed by atoms with Crippen LogP contribution in [-0.4, -0.2) is 95.1 Å².